The summed E-state index contributed by atoms with van der Waals surface area (Å²) in [4.78, 5) is 16.3. The van der Waals surface area contributed by atoms with Gasteiger partial charge >= 0.3 is 0 Å². The molecule has 0 aliphatic carbocycles. The number of aromatic nitrogens is 4. The number of carbonyl (C=O) groups excluding carboxylic acids is 1. The zero-order chi connectivity index (χ0) is 20.8. The molecule has 1 atom stereocenters. The monoisotopic (exact) mass is 475 g/mol. The van der Waals surface area contributed by atoms with Gasteiger partial charge in [0.05, 0.1) is 5.75 Å². The Morgan fingerprint density at radius 2 is 2.00 bits per heavy atom. The van der Waals surface area contributed by atoms with Crippen LogP contribution >= 0.6 is 27.7 Å². The van der Waals surface area contributed by atoms with E-state index in [0.717, 1.165) is 16.6 Å². The van der Waals surface area contributed by atoms with Crippen LogP contribution in [0, 0.1) is 0 Å². The number of aryl methyl sites for hydroxylation is 1. The van der Waals surface area contributed by atoms with Crippen molar-refractivity contribution in [2.75, 3.05) is 11.1 Å². The summed E-state index contributed by atoms with van der Waals surface area (Å²) in [5.74, 6) is 2.04. The van der Waals surface area contributed by atoms with E-state index in [2.05, 4.69) is 55.5 Å². The number of halogens is 1. The van der Waals surface area contributed by atoms with Crippen LogP contribution in [0.2, 0.25) is 0 Å². The number of hydrogen-bond donors (Lipinski definition) is 1. The largest absolute Gasteiger partial charge is 0.483 e. The summed E-state index contributed by atoms with van der Waals surface area (Å²) in [6.45, 7) is 4.05. The SMILES string of the molecule is CCc1ccc(OC(C)c2nnc(SCC(=O)Nc3ccc(Br)cn3)n2C)cc1. The van der Waals surface area contributed by atoms with Crippen molar-refractivity contribution in [1.82, 2.24) is 19.7 Å². The first kappa shape index (κ1) is 21.3. The highest BCUT2D eigenvalue weighted by Gasteiger charge is 2.18. The van der Waals surface area contributed by atoms with Crippen molar-refractivity contribution < 1.29 is 9.53 Å². The molecule has 29 heavy (non-hydrogen) atoms. The Morgan fingerprint density at radius 1 is 1.24 bits per heavy atom. The number of carbonyl (C=O) groups is 1. The molecule has 1 N–H and O–H groups in total. The van der Waals surface area contributed by atoms with Gasteiger partial charge in [0.15, 0.2) is 17.1 Å². The first-order valence-corrected chi connectivity index (χ1v) is 10.9. The normalized spacial score (nSPS) is 11.9. The van der Waals surface area contributed by atoms with Gasteiger partial charge in [-0.25, -0.2) is 4.98 Å². The minimum absolute atomic E-state index is 0.158. The summed E-state index contributed by atoms with van der Waals surface area (Å²) < 4.78 is 8.69. The van der Waals surface area contributed by atoms with E-state index in [4.69, 9.17) is 4.74 Å². The Morgan fingerprint density at radius 3 is 2.66 bits per heavy atom. The topological polar surface area (TPSA) is 81.9 Å². The van der Waals surface area contributed by atoms with Gasteiger partial charge in [0.2, 0.25) is 5.91 Å². The van der Waals surface area contributed by atoms with E-state index >= 15 is 0 Å². The molecule has 0 radical (unpaired) electrons. The fourth-order valence-electron chi connectivity index (χ4n) is 2.63. The second kappa shape index (κ2) is 9.89. The molecule has 2 aromatic heterocycles. The van der Waals surface area contributed by atoms with E-state index in [1.807, 2.05) is 36.7 Å². The van der Waals surface area contributed by atoms with Gasteiger partial charge in [-0.05, 0) is 59.1 Å². The van der Waals surface area contributed by atoms with E-state index in [1.165, 1.54) is 17.3 Å². The second-order valence-corrected chi connectivity index (χ2v) is 8.21. The number of rotatable bonds is 8. The molecule has 0 fully saturated rings. The molecule has 0 saturated heterocycles. The first-order chi connectivity index (χ1) is 14.0. The average molecular weight is 476 g/mol. The highest BCUT2D eigenvalue weighted by atomic mass is 79.9. The Hall–Kier alpha value is -2.39. The van der Waals surface area contributed by atoms with Crippen molar-refractivity contribution in [3.63, 3.8) is 0 Å². The van der Waals surface area contributed by atoms with Crippen LogP contribution < -0.4 is 10.1 Å². The van der Waals surface area contributed by atoms with Crippen LogP contribution in [0.4, 0.5) is 5.82 Å². The van der Waals surface area contributed by atoms with Gasteiger partial charge in [-0.1, -0.05) is 30.8 Å². The minimum Gasteiger partial charge on any atom is -0.483 e. The first-order valence-electron chi connectivity index (χ1n) is 9.15. The number of nitrogens with one attached hydrogen (secondary N) is 1. The number of benzene rings is 1. The Kier molecular flexibility index (Phi) is 7.27. The van der Waals surface area contributed by atoms with Gasteiger partial charge in [-0.2, -0.15) is 0 Å². The van der Waals surface area contributed by atoms with Gasteiger partial charge in [0.25, 0.3) is 0 Å². The molecule has 152 valence electrons. The average Bonchev–Trinajstić information content (AvgIpc) is 3.09. The van der Waals surface area contributed by atoms with Gasteiger partial charge in [-0.15, -0.1) is 10.2 Å². The van der Waals surface area contributed by atoms with E-state index < -0.39 is 0 Å². The summed E-state index contributed by atoms with van der Waals surface area (Å²) in [6, 6.07) is 11.6. The molecule has 3 aromatic rings. The number of pyridine rings is 1. The number of nitrogens with zero attached hydrogens (tertiary/aromatic N) is 4. The molecule has 1 unspecified atom stereocenters. The molecule has 2 heterocycles. The van der Waals surface area contributed by atoms with E-state index in [1.54, 1.807) is 12.3 Å². The molecule has 9 heteroatoms. The van der Waals surface area contributed by atoms with Crippen LogP contribution in [0.5, 0.6) is 5.75 Å². The lowest BCUT2D eigenvalue weighted by Gasteiger charge is -2.14. The fraction of sp³-hybridized carbons (Fsp3) is 0.300. The van der Waals surface area contributed by atoms with Crippen LogP contribution in [0.1, 0.15) is 31.3 Å². The molecule has 0 saturated carbocycles. The van der Waals surface area contributed by atoms with E-state index in [9.17, 15) is 4.79 Å². The number of thioether (sulfide) groups is 1. The highest BCUT2D eigenvalue weighted by Crippen LogP contribution is 2.24. The van der Waals surface area contributed by atoms with Crippen LogP contribution in [-0.4, -0.2) is 31.4 Å². The molecule has 3 rings (SSSR count). The molecular formula is C20H22BrN5O2S. The molecule has 0 aliphatic heterocycles. The predicted molar refractivity (Wildman–Crippen MR) is 117 cm³/mol. The van der Waals surface area contributed by atoms with E-state index in [-0.39, 0.29) is 17.8 Å². The summed E-state index contributed by atoms with van der Waals surface area (Å²) in [7, 11) is 1.87. The zero-order valence-corrected chi connectivity index (χ0v) is 18.8. The lowest BCUT2D eigenvalue weighted by Crippen LogP contribution is -2.15. The van der Waals surface area contributed by atoms with Gasteiger partial charge in [0, 0.05) is 17.7 Å². The number of ether oxygens (including phenoxy) is 1. The smallest absolute Gasteiger partial charge is 0.236 e. The molecule has 0 spiro atoms. The number of anilines is 1. The summed E-state index contributed by atoms with van der Waals surface area (Å²) in [5.41, 5.74) is 1.26. The molecule has 7 nitrogen and oxygen atoms in total. The molecule has 1 aromatic carbocycles. The van der Waals surface area contributed by atoms with Crippen molar-refractivity contribution in [2.24, 2.45) is 7.05 Å². The molecule has 0 bridgehead atoms. The lowest BCUT2D eigenvalue weighted by atomic mass is 10.2. The van der Waals surface area contributed by atoms with Crippen molar-refractivity contribution in [1.29, 1.82) is 0 Å². The molecular weight excluding hydrogens is 454 g/mol. The number of hydrogen-bond acceptors (Lipinski definition) is 6. The van der Waals surface area contributed by atoms with Crippen LogP contribution in [0.15, 0.2) is 52.2 Å². The van der Waals surface area contributed by atoms with Gasteiger partial charge in [0.1, 0.15) is 11.6 Å². The third-order valence-corrected chi connectivity index (χ3v) is 5.69. The summed E-state index contributed by atoms with van der Waals surface area (Å²) in [6.07, 6.45) is 2.36. The fourth-order valence-corrected chi connectivity index (χ4v) is 3.58. The second-order valence-electron chi connectivity index (χ2n) is 6.36. The van der Waals surface area contributed by atoms with Gasteiger partial charge in [-0.3, -0.25) is 4.79 Å². The van der Waals surface area contributed by atoms with Gasteiger partial charge < -0.3 is 14.6 Å². The lowest BCUT2D eigenvalue weighted by molar-refractivity contribution is -0.113. The van der Waals surface area contributed by atoms with Crippen LogP contribution in [0.25, 0.3) is 0 Å². The number of amides is 1. The Labute approximate surface area is 182 Å². The molecule has 0 aliphatic rings. The highest BCUT2D eigenvalue weighted by molar-refractivity contribution is 9.10. The third kappa shape index (κ3) is 5.80. The maximum Gasteiger partial charge on any atom is 0.236 e. The minimum atomic E-state index is -0.268. The zero-order valence-electron chi connectivity index (χ0n) is 16.4. The maximum atomic E-state index is 12.2. The van der Waals surface area contributed by atoms with Crippen molar-refractivity contribution >= 4 is 39.4 Å². The summed E-state index contributed by atoms with van der Waals surface area (Å²) in [5, 5.41) is 11.8. The van der Waals surface area contributed by atoms with Crippen LogP contribution in [-0.2, 0) is 18.3 Å². The summed E-state index contributed by atoms with van der Waals surface area (Å²) >= 11 is 4.63. The quantitative estimate of drug-likeness (QED) is 0.486. The van der Waals surface area contributed by atoms with Crippen LogP contribution in [0.3, 0.4) is 0 Å². The van der Waals surface area contributed by atoms with E-state index in [0.29, 0.717) is 16.8 Å². The Balaban J connectivity index is 1.56. The maximum absolute atomic E-state index is 12.2. The Bertz CT molecular complexity index is 960. The van der Waals surface area contributed by atoms with Crippen molar-refractivity contribution in [3.8, 4) is 5.75 Å². The standard InChI is InChI=1S/C20H22BrN5O2S/c1-4-14-5-8-16(9-6-14)28-13(2)19-24-25-20(26(19)3)29-12-18(27)23-17-10-7-15(21)11-22-17/h5-11,13H,4,12H2,1-3H3,(H,22,23,27). The predicted octanol–water partition coefficient (Wildman–Crippen LogP) is 4.41. The van der Waals surface area contributed by atoms with Crippen molar-refractivity contribution in [3.05, 3.63) is 58.5 Å². The molecule has 1 amide bonds. The van der Waals surface area contributed by atoms with Crippen molar-refractivity contribution in [2.45, 2.75) is 31.5 Å². The third-order valence-electron chi connectivity index (χ3n) is 4.20.